The first-order chi connectivity index (χ1) is 12.8. The second-order valence-corrected chi connectivity index (χ2v) is 6.53. The lowest BCUT2D eigenvalue weighted by Gasteiger charge is -2.14. The van der Waals surface area contributed by atoms with E-state index in [1.807, 2.05) is 36.7 Å². The number of nitrogens with one attached hydrogen (secondary N) is 1. The van der Waals surface area contributed by atoms with Crippen molar-refractivity contribution in [1.29, 1.82) is 0 Å². The van der Waals surface area contributed by atoms with Crippen molar-refractivity contribution in [3.63, 3.8) is 0 Å². The van der Waals surface area contributed by atoms with Crippen molar-refractivity contribution in [3.05, 3.63) is 84.2 Å². The molecule has 0 aliphatic heterocycles. The van der Waals surface area contributed by atoms with Crippen LogP contribution in [0.25, 0.3) is 11.1 Å². The minimum absolute atomic E-state index is 0.105. The molecule has 1 aliphatic carbocycles. The molecule has 0 unspecified atom stereocenters. The summed E-state index contributed by atoms with van der Waals surface area (Å²) in [6, 6.07) is 20.7. The summed E-state index contributed by atoms with van der Waals surface area (Å²) in [6.45, 7) is 1.85. The number of carbonyl (C=O) groups excluding carboxylic acids is 1. The fourth-order valence-electron chi connectivity index (χ4n) is 3.62. The zero-order chi connectivity index (χ0) is 17.8. The molecule has 26 heavy (non-hydrogen) atoms. The molecule has 0 radical (unpaired) electrons. The number of hydrogen-bond donors (Lipinski definition) is 1. The van der Waals surface area contributed by atoms with Gasteiger partial charge < -0.3 is 14.6 Å². The zero-order valence-corrected chi connectivity index (χ0v) is 14.6. The second-order valence-electron chi connectivity index (χ2n) is 6.53. The monoisotopic (exact) mass is 346 g/mol. The first kappa shape index (κ1) is 16.5. The Hall–Kier alpha value is -3.01. The first-order valence-corrected chi connectivity index (χ1v) is 9.02. The third-order valence-electron chi connectivity index (χ3n) is 4.87. The molecule has 4 nitrogen and oxygen atoms in total. The number of rotatable bonds is 6. The summed E-state index contributed by atoms with van der Waals surface area (Å²) in [5.74, 6) is 0.105. The summed E-state index contributed by atoms with van der Waals surface area (Å²) < 4.78 is 7.62. The Morgan fingerprint density at radius 3 is 2.19 bits per heavy atom. The maximum absolute atomic E-state index is 12.0. The predicted molar refractivity (Wildman–Crippen MR) is 102 cm³/mol. The molecular formula is C22H22N2O2. The van der Waals surface area contributed by atoms with Gasteiger partial charge in [-0.25, -0.2) is 4.79 Å². The molecule has 0 fully saturated rings. The van der Waals surface area contributed by atoms with Crippen molar-refractivity contribution in [2.45, 2.75) is 18.9 Å². The van der Waals surface area contributed by atoms with E-state index in [1.54, 1.807) is 0 Å². The van der Waals surface area contributed by atoms with Crippen molar-refractivity contribution in [1.82, 2.24) is 9.88 Å². The summed E-state index contributed by atoms with van der Waals surface area (Å²) in [5.41, 5.74) is 4.94. The molecule has 1 heterocycles. The molecule has 1 N–H and O–H groups in total. The van der Waals surface area contributed by atoms with Gasteiger partial charge in [-0.1, -0.05) is 48.5 Å². The van der Waals surface area contributed by atoms with Gasteiger partial charge in [-0.3, -0.25) is 0 Å². The average Bonchev–Trinajstić information content (AvgIpc) is 3.30. The fourth-order valence-corrected chi connectivity index (χ4v) is 3.62. The van der Waals surface area contributed by atoms with E-state index in [2.05, 4.69) is 46.3 Å². The van der Waals surface area contributed by atoms with Crippen molar-refractivity contribution >= 4 is 6.09 Å². The number of hydrogen-bond acceptors (Lipinski definition) is 2. The van der Waals surface area contributed by atoms with E-state index in [0.29, 0.717) is 13.2 Å². The molecule has 4 heteroatoms. The molecule has 1 aliphatic rings. The van der Waals surface area contributed by atoms with Crippen LogP contribution in [0.3, 0.4) is 0 Å². The van der Waals surface area contributed by atoms with Gasteiger partial charge in [0.1, 0.15) is 6.61 Å². The standard InChI is InChI=1S/C22H22N2O2/c25-22(23-12-7-15-24-13-5-6-14-24)26-16-21-19-10-3-1-8-17(19)18-9-2-4-11-20(18)21/h1-6,8-11,13-14,21H,7,12,15-16H2,(H,23,25). The number of fused-ring (bicyclic) bond motifs is 3. The van der Waals surface area contributed by atoms with Crippen LogP contribution in [0, 0.1) is 0 Å². The van der Waals surface area contributed by atoms with E-state index in [-0.39, 0.29) is 12.0 Å². The number of carbonyl (C=O) groups is 1. The lowest BCUT2D eigenvalue weighted by atomic mass is 9.98. The largest absolute Gasteiger partial charge is 0.449 e. The Bertz CT molecular complexity index is 841. The quantitative estimate of drug-likeness (QED) is 0.672. The van der Waals surface area contributed by atoms with E-state index in [1.165, 1.54) is 22.3 Å². The minimum atomic E-state index is -0.348. The Morgan fingerprint density at radius 1 is 0.923 bits per heavy atom. The molecule has 1 aromatic heterocycles. The van der Waals surface area contributed by atoms with Crippen LogP contribution in [0.15, 0.2) is 73.1 Å². The van der Waals surface area contributed by atoms with E-state index in [0.717, 1.165) is 13.0 Å². The van der Waals surface area contributed by atoms with Gasteiger partial charge in [0.15, 0.2) is 0 Å². The first-order valence-electron chi connectivity index (χ1n) is 9.02. The third kappa shape index (κ3) is 3.36. The number of amides is 1. The minimum Gasteiger partial charge on any atom is -0.449 e. The van der Waals surface area contributed by atoms with Crippen molar-refractivity contribution in [3.8, 4) is 11.1 Å². The van der Waals surface area contributed by atoms with Crippen LogP contribution in [0.2, 0.25) is 0 Å². The van der Waals surface area contributed by atoms with Crippen LogP contribution in [0.1, 0.15) is 23.5 Å². The van der Waals surface area contributed by atoms with Crippen LogP contribution in [-0.2, 0) is 11.3 Å². The summed E-state index contributed by atoms with van der Waals surface area (Å²) >= 11 is 0. The van der Waals surface area contributed by atoms with Gasteiger partial charge in [-0.05, 0) is 40.8 Å². The number of alkyl carbamates (subject to hydrolysis) is 1. The molecule has 132 valence electrons. The predicted octanol–water partition coefficient (Wildman–Crippen LogP) is 4.42. The van der Waals surface area contributed by atoms with Gasteiger partial charge in [0.25, 0.3) is 0 Å². The number of benzene rings is 2. The van der Waals surface area contributed by atoms with Crippen molar-refractivity contribution in [2.75, 3.05) is 13.2 Å². The second kappa shape index (κ2) is 7.48. The highest BCUT2D eigenvalue weighted by Crippen LogP contribution is 2.44. The number of aryl methyl sites for hydroxylation is 1. The molecule has 1 amide bonds. The molecular weight excluding hydrogens is 324 g/mol. The average molecular weight is 346 g/mol. The number of nitrogens with zero attached hydrogens (tertiary/aromatic N) is 1. The summed E-state index contributed by atoms with van der Waals surface area (Å²) in [6.07, 6.45) is 4.57. The van der Waals surface area contributed by atoms with Crippen LogP contribution < -0.4 is 5.32 Å². The van der Waals surface area contributed by atoms with Gasteiger partial charge in [-0.15, -0.1) is 0 Å². The summed E-state index contributed by atoms with van der Waals surface area (Å²) in [7, 11) is 0. The molecule has 3 aromatic rings. The lowest BCUT2D eigenvalue weighted by molar-refractivity contribution is 0.143. The Labute approximate surface area is 153 Å². The third-order valence-corrected chi connectivity index (χ3v) is 4.87. The number of aromatic nitrogens is 1. The zero-order valence-electron chi connectivity index (χ0n) is 14.6. The van der Waals surface area contributed by atoms with Crippen LogP contribution in [-0.4, -0.2) is 23.8 Å². The van der Waals surface area contributed by atoms with Crippen molar-refractivity contribution < 1.29 is 9.53 Å². The molecule has 0 bridgehead atoms. The van der Waals surface area contributed by atoms with E-state index in [9.17, 15) is 4.79 Å². The SMILES string of the molecule is O=C(NCCCn1cccc1)OCC1c2ccccc2-c2ccccc21. The Balaban J connectivity index is 1.32. The van der Waals surface area contributed by atoms with Gasteiger partial charge in [0.2, 0.25) is 0 Å². The highest BCUT2D eigenvalue weighted by molar-refractivity contribution is 5.79. The normalized spacial score (nSPS) is 12.5. The highest BCUT2D eigenvalue weighted by Gasteiger charge is 2.28. The highest BCUT2D eigenvalue weighted by atomic mass is 16.5. The number of ether oxygens (including phenoxy) is 1. The molecule has 0 spiro atoms. The lowest BCUT2D eigenvalue weighted by Crippen LogP contribution is -2.27. The van der Waals surface area contributed by atoms with E-state index < -0.39 is 0 Å². The Kier molecular flexibility index (Phi) is 4.73. The van der Waals surface area contributed by atoms with Crippen LogP contribution in [0.5, 0.6) is 0 Å². The summed E-state index contributed by atoms with van der Waals surface area (Å²) in [4.78, 5) is 12.0. The smallest absolute Gasteiger partial charge is 0.407 e. The maximum Gasteiger partial charge on any atom is 0.407 e. The van der Waals surface area contributed by atoms with Gasteiger partial charge in [0, 0.05) is 31.4 Å². The van der Waals surface area contributed by atoms with Gasteiger partial charge >= 0.3 is 6.09 Å². The fraction of sp³-hybridized carbons (Fsp3) is 0.227. The maximum atomic E-state index is 12.0. The molecule has 0 saturated heterocycles. The van der Waals surface area contributed by atoms with Gasteiger partial charge in [0.05, 0.1) is 0 Å². The van der Waals surface area contributed by atoms with E-state index >= 15 is 0 Å². The molecule has 2 aromatic carbocycles. The molecule has 0 saturated carbocycles. The van der Waals surface area contributed by atoms with Crippen LogP contribution in [0.4, 0.5) is 4.79 Å². The van der Waals surface area contributed by atoms with Crippen molar-refractivity contribution in [2.24, 2.45) is 0 Å². The van der Waals surface area contributed by atoms with Gasteiger partial charge in [-0.2, -0.15) is 0 Å². The molecule has 4 rings (SSSR count). The Morgan fingerprint density at radius 2 is 1.54 bits per heavy atom. The van der Waals surface area contributed by atoms with E-state index in [4.69, 9.17) is 4.74 Å². The topological polar surface area (TPSA) is 43.3 Å². The summed E-state index contributed by atoms with van der Waals surface area (Å²) in [5, 5.41) is 2.84. The van der Waals surface area contributed by atoms with Crippen LogP contribution >= 0.6 is 0 Å². The molecule has 0 atom stereocenters.